The van der Waals surface area contributed by atoms with Crippen molar-refractivity contribution < 1.29 is 13.5 Å². The highest BCUT2D eigenvalue weighted by Gasteiger charge is 2.21. The number of ether oxygens (including phenoxy) is 1. The minimum atomic E-state index is -2.83. The minimum Gasteiger partial charge on any atom is -0.434 e. The smallest absolute Gasteiger partial charge is 0.387 e. The Kier molecular flexibility index (Phi) is 5.72. The van der Waals surface area contributed by atoms with Crippen LogP contribution in [0.4, 0.5) is 8.78 Å². The molecule has 1 N–H and O–H groups in total. The molecule has 1 unspecified atom stereocenters. The molecule has 1 atom stereocenters. The summed E-state index contributed by atoms with van der Waals surface area (Å²) in [6.07, 6.45) is 0. The summed E-state index contributed by atoms with van der Waals surface area (Å²) in [5.74, 6) is 0.209. The van der Waals surface area contributed by atoms with Crippen molar-refractivity contribution in [2.45, 2.75) is 26.5 Å². The standard InChI is InChI=1S/C15H16BrF2NOS/c1-3-19-14(13-8-11(16)9(2)21-13)10-6-4-5-7-12(10)20-15(17)18/h4-8,14-15,19H,3H2,1-2H3. The van der Waals surface area contributed by atoms with Crippen molar-refractivity contribution in [2.75, 3.05) is 6.54 Å². The number of rotatable bonds is 6. The summed E-state index contributed by atoms with van der Waals surface area (Å²) in [6.45, 7) is 1.90. The zero-order chi connectivity index (χ0) is 15.4. The molecule has 0 spiro atoms. The lowest BCUT2D eigenvalue weighted by Gasteiger charge is -2.20. The van der Waals surface area contributed by atoms with Crippen molar-refractivity contribution in [3.05, 3.63) is 50.1 Å². The van der Waals surface area contributed by atoms with Crippen LogP contribution in [0.5, 0.6) is 5.75 Å². The van der Waals surface area contributed by atoms with Crippen LogP contribution in [0.2, 0.25) is 0 Å². The van der Waals surface area contributed by atoms with Gasteiger partial charge in [0.1, 0.15) is 5.75 Å². The van der Waals surface area contributed by atoms with Crippen molar-refractivity contribution in [2.24, 2.45) is 0 Å². The average molecular weight is 376 g/mol. The summed E-state index contributed by atoms with van der Waals surface area (Å²) < 4.78 is 30.8. The van der Waals surface area contributed by atoms with Crippen LogP contribution in [-0.2, 0) is 0 Å². The third-order valence-corrected chi connectivity index (χ3v) is 5.22. The van der Waals surface area contributed by atoms with E-state index in [0.717, 1.165) is 20.8 Å². The quantitative estimate of drug-likeness (QED) is 0.756. The summed E-state index contributed by atoms with van der Waals surface area (Å²) in [4.78, 5) is 2.21. The Hall–Kier alpha value is -0.980. The van der Waals surface area contributed by atoms with E-state index in [1.807, 2.05) is 32.0 Å². The summed E-state index contributed by atoms with van der Waals surface area (Å²) in [5, 5.41) is 3.33. The Morgan fingerprint density at radius 2 is 2.05 bits per heavy atom. The molecule has 114 valence electrons. The van der Waals surface area contributed by atoms with Crippen LogP contribution >= 0.6 is 27.3 Å². The lowest BCUT2D eigenvalue weighted by atomic mass is 10.0. The lowest BCUT2D eigenvalue weighted by molar-refractivity contribution is -0.0506. The highest BCUT2D eigenvalue weighted by Crippen LogP contribution is 2.37. The fourth-order valence-electron chi connectivity index (χ4n) is 2.11. The van der Waals surface area contributed by atoms with Crippen LogP contribution in [0.15, 0.2) is 34.8 Å². The second kappa shape index (κ2) is 7.33. The summed E-state index contributed by atoms with van der Waals surface area (Å²) in [7, 11) is 0. The number of thiophene rings is 1. The van der Waals surface area contributed by atoms with Crippen molar-refractivity contribution >= 4 is 27.3 Å². The summed E-state index contributed by atoms with van der Waals surface area (Å²) >= 11 is 5.13. The summed E-state index contributed by atoms with van der Waals surface area (Å²) in [5.41, 5.74) is 0.716. The van der Waals surface area contributed by atoms with Crippen LogP contribution in [0.25, 0.3) is 0 Å². The van der Waals surface area contributed by atoms with Gasteiger partial charge in [-0.25, -0.2) is 0 Å². The Morgan fingerprint density at radius 3 is 2.62 bits per heavy atom. The van der Waals surface area contributed by atoms with Gasteiger partial charge < -0.3 is 10.1 Å². The third kappa shape index (κ3) is 4.02. The zero-order valence-corrected chi connectivity index (χ0v) is 14.1. The third-order valence-electron chi connectivity index (χ3n) is 3.02. The monoisotopic (exact) mass is 375 g/mol. The van der Waals surface area contributed by atoms with E-state index in [-0.39, 0.29) is 11.8 Å². The molecule has 0 fully saturated rings. The van der Waals surface area contributed by atoms with Crippen LogP contribution in [0, 0.1) is 6.92 Å². The molecule has 0 aliphatic carbocycles. The molecular weight excluding hydrogens is 360 g/mol. The van der Waals surface area contributed by atoms with Crippen molar-refractivity contribution in [1.29, 1.82) is 0 Å². The van der Waals surface area contributed by atoms with E-state index < -0.39 is 6.61 Å². The Morgan fingerprint density at radius 1 is 1.33 bits per heavy atom. The summed E-state index contributed by atoms with van der Waals surface area (Å²) in [6, 6.07) is 8.76. The number of hydrogen-bond acceptors (Lipinski definition) is 3. The van der Waals surface area contributed by atoms with E-state index in [9.17, 15) is 8.78 Å². The number of hydrogen-bond donors (Lipinski definition) is 1. The first-order valence-electron chi connectivity index (χ1n) is 6.55. The maximum Gasteiger partial charge on any atom is 0.387 e. The van der Waals surface area contributed by atoms with Gasteiger partial charge in [0.2, 0.25) is 0 Å². The van der Waals surface area contributed by atoms with Gasteiger partial charge in [-0.15, -0.1) is 11.3 Å². The molecule has 6 heteroatoms. The lowest BCUT2D eigenvalue weighted by Crippen LogP contribution is -2.22. The Labute approximate surface area is 135 Å². The first kappa shape index (κ1) is 16.4. The van der Waals surface area contributed by atoms with Gasteiger partial charge in [-0.2, -0.15) is 8.78 Å². The molecule has 21 heavy (non-hydrogen) atoms. The molecular formula is C15H16BrF2NOS. The molecule has 1 aromatic carbocycles. The maximum atomic E-state index is 12.6. The average Bonchev–Trinajstić information content (AvgIpc) is 2.76. The van der Waals surface area contributed by atoms with E-state index in [2.05, 4.69) is 26.0 Å². The van der Waals surface area contributed by atoms with Crippen molar-refractivity contribution in [1.82, 2.24) is 5.32 Å². The molecule has 2 aromatic rings. The molecule has 2 rings (SSSR count). The van der Waals surface area contributed by atoms with Gasteiger partial charge in [-0.1, -0.05) is 25.1 Å². The second-order valence-electron chi connectivity index (χ2n) is 4.46. The maximum absolute atomic E-state index is 12.6. The van der Waals surface area contributed by atoms with E-state index in [1.54, 1.807) is 23.5 Å². The molecule has 0 bridgehead atoms. The van der Waals surface area contributed by atoms with Crippen molar-refractivity contribution in [3.8, 4) is 5.75 Å². The number of para-hydroxylation sites is 1. The van der Waals surface area contributed by atoms with Crippen LogP contribution in [-0.4, -0.2) is 13.2 Å². The molecule has 0 saturated heterocycles. The van der Waals surface area contributed by atoms with E-state index in [1.165, 1.54) is 0 Å². The number of alkyl halides is 2. The largest absolute Gasteiger partial charge is 0.434 e. The Bertz CT molecular complexity index is 584. The highest BCUT2D eigenvalue weighted by molar-refractivity contribution is 9.10. The predicted octanol–water partition coefficient (Wildman–Crippen LogP) is 5.12. The van der Waals surface area contributed by atoms with E-state index in [4.69, 9.17) is 0 Å². The Balaban J connectivity index is 2.42. The molecule has 0 aliphatic rings. The van der Waals surface area contributed by atoms with Gasteiger partial charge in [-0.05, 0) is 41.5 Å². The second-order valence-corrected chi connectivity index (χ2v) is 6.60. The van der Waals surface area contributed by atoms with E-state index >= 15 is 0 Å². The fraction of sp³-hybridized carbons (Fsp3) is 0.333. The molecule has 1 aromatic heterocycles. The van der Waals surface area contributed by atoms with Gasteiger partial charge in [-0.3, -0.25) is 0 Å². The topological polar surface area (TPSA) is 21.3 Å². The highest BCUT2D eigenvalue weighted by atomic mass is 79.9. The van der Waals surface area contributed by atoms with Gasteiger partial charge in [0, 0.05) is 19.8 Å². The normalized spacial score (nSPS) is 12.7. The predicted molar refractivity (Wildman–Crippen MR) is 85.3 cm³/mol. The number of benzene rings is 1. The molecule has 0 amide bonds. The fourth-order valence-corrected chi connectivity index (χ4v) is 3.77. The first-order valence-corrected chi connectivity index (χ1v) is 8.16. The zero-order valence-electron chi connectivity index (χ0n) is 11.7. The molecule has 0 aliphatic heterocycles. The van der Waals surface area contributed by atoms with Crippen LogP contribution in [0.1, 0.15) is 28.3 Å². The van der Waals surface area contributed by atoms with Gasteiger partial charge >= 0.3 is 6.61 Å². The van der Waals surface area contributed by atoms with Gasteiger partial charge in [0.25, 0.3) is 0 Å². The van der Waals surface area contributed by atoms with Crippen LogP contribution in [0.3, 0.4) is 0 Å². The van der Waals surface area contributed by atoms with Crippen LogP contribution < -0.4 is 10.1 Å². The number of halogens is 3. The SMILES string of the molecule is CCNC(c1cc(Br)c(C)s1)c1ccccc1OC(F)F. The molecule has 0 radical (unpaired) electrons. The molecule has 0 saturated carbocycles. The molecule has 2 nitrogen and oxygen atoms in total. The van der Waals surface area contributed by atoms with E-state index in [0.29, 0.717) is 5.56 Å². The van der Waals surface area contributed by atoms with Gasteiger partial charge in [0.15, 0.2) is 0 Å². The number of nitrogens with one attached hydrogen (secondary N) is 1. The first-order chi connectivity index (χ1) is 10.0. The number of aryl methyl sites for hydroxylation is 1. The van der Waals surface area contributed by atoms with Gasteiger partial charge in [0.05, 0.1) is 6.04 Å². The van der Waals surface area contributed by atoms with Crippen molar-refractivity contribution in [3.63, 3.8) is 0 Å². The minimum absolute atomic E-state index is 0.167. The molecule has 1 heterocycles.